The fourth-order valence-electron chi connectivity index (χ4n) is 3.35. The molecule has 1 fully saturated rings. The summed E-state index contributed by atoms with van der Waals surface area (Å²) in [5, 5.41) is 12.8. The molecule has 3 aromatic rings. The van der Waals surface area contributed by atoms with Crippen molar-refractivity contribution in [3.05, 3.63) is 61.6 Å². The van der Waals surface area contributed by atoms with Gasteiger partial charge in [-0.15, -0.1) is 11.3 Å². The largest absolute Gasteiger partial charge is 0.477 e. The summed E-state index contributed by atoms with van der Waals surface area (Å²) in [5.74, 6) is -2.26. The Morgan fingerprint density at radius 3 is 2.27 bits per heavy atom. The van der Waals surface area contributed by atoms with Crippen LogP contribution in [-0.4, -0.2) is 43.6 Å². The molecule has 2 aromatic heterocycles. The average Bonchev–Trinajstić information content (AvgIpc) is 3.57. The number of hydrogen-bond acceptors (Lipinski definition) is 8. The second kappa shape index (κ2) is 11.3. The number of carbonyl (C=O) groups excluding carboxylic acids is 2. The second-order valence-corrected chi connectivity index (χ2v) is 11.6. The fraction of sp³-hybridized carbons (Fsp3) is 0.174. The molecule has 1 saturated heterocycles. The van der Waals surface area contributed by atoms with E-state index in [-0.39, 0.29) is 49.4 Å². The summed E-state index contributed by atoms with van der Waals surface area (Å²) in [6.45, 7) is -0.0921. The van der Waals surface area contributed by atoms with Crippen molar-refractivity contribution in [2.24, 2.45) is 0 Å². The van der Waals surface area contributed by atoms with Gasteiger partial charge in [0.15, 0.2) is 5.13 Å². The van der Waals surface area contributed by atoms with Gasteiger partial charge in [0, 0.05) is 17.8 Å². The first kappa shape index (κ1) is 29.7. The van der Waals surface area contributed by atoms with Crippen molar-refractivity contribution in [2.45, 2.75) is 18.8 Å². The molecule has 1 aliphatic rings. The van der Waals surface area contributed by atoms with Crippen LogP contribution in [0.3, 0.4) is 0 Å². The Balaban J connectivity index is 1.46. The smallest absolute Gasteiger partial charge is 0.416 e. The van der Waals surface area contributed by atoms with Crippen molar-refractivity contribution in [1.29, 1.82) is 0 Å². The fourth-order valence-corrected chi connectivity index (χ4v) is 6.24. The molecule has 0 atom stereocenters. The maximum atomic E-state index is 13.2. The highest BCUT2D eigenvalue weighted by Gasteiger charge is 2.37. The molecule has 1 aliphatic heterocycles. The number of aromatic carboxylic acids is 1. The number of thiophene rings is 1. The van der Waals surface area contributed by atoms with Gasteiger partial charge in [-0.1, -0.05) is 35.3 Å². The van der Waals surface area contributed by atoms with E-state index < -0.39 is 41.3 Å². The molecular weight excluding hydrogens is 625 g/mol. The quantitative estimate of drug-likeness (QED) is 0.166. The van der Waals surface area contributed by atoms with Crippen LogP contribution in [0.5, 0.6) is 0 Å². The monoisotopic (exact) mass is 637 g/mol. The van der Waals surface area contributed by atoms with Crippen LogP contribution in [-0.2, 0) is 21.9 Å². The molecule has 17 heteroatoms. The van der Waals surface area contributed by atoms with Gasteiger partial charge in [0.2, 0.25) is 5.91 Å². The summed E-state index contributed by atoms with van der Waals surface area (Å²) < 4.78 is 79.4. The molecule has 0 spiro atoms. The number of thiocarbonyl (C=S) groups is 1. The Labute approximate surface area is 238 Å². The molecule has 3 heterocycles. The number of benzene rings is 1. The SMILES string of the molecule is O=C(CCN1C(=O)/C(=C/c2cc(-c3cc(C(F)(F)F)cc(C(F)(F)F)c3)cs2)SC1=S)Nc1ncc(C(=O)O)s1. The van der Waals surface area contributed by atoms with E-state index in [1.807, 2.05) is 0 Å². The lowest BCUT2D eigenvalue weighted by molar-refractivity contribution is -0.143. The predicted molar refractivity (Wildman–Crippen MR) is 142 cm³/mol. The minimum absolute atomic E-state index is 0.0482. The molecule has 0 radical (unpaired) electrons. The molecule has 2 amide bonds. The zero-order chi connectivity index (χ0) is 29.4. The Morgan fingerprint density at radius 1 is 1.05 bits per heavy atom. The number of nitrogens with zero attached hydrogens (tertiary/aromatic N) is 2. The molecule has 2 N–H and O–H groups in total. The van der Waals surface area contributed by atoms with Gasteiger partial charge < -0.3 is 10.4 Å². The van der Waals surface area contributed by atoms with Crippen molar-refractivity contribution >= 4 is 80.0 Å². The van der Waals surface area contributed by atoms with E-state index in [1.54, 1.807) is 0 Å². The zero-order valence-electron chi connectivity index (χ0n) is 19.4. The van der Waals surface area contributed by atoms with Gasteiger partial charge in [0.05, 0.1) is 22.2 Å². The maximum absolute atomic E-state index is 13.2. The van der Waals surface area contributed by atoms with Gasteiger partial charge in [0.25, 0.3) is 5.91 Å². The van der Waals surface area contributed by atoms with Crippen LogP contribution in [0.15, 0.2) is 40.7 Å². The highest BCUT2D eigenvalue weighted by molar-refractivity contribution is 8.26. The van der Waals surface area contributed by atoms with Gasteiger partial charge in [-0.25, -0.2) is 9.78 Å². The predicted octanol–water partition coefficient (Wildman–Crippen LogP) is 6.84. The number of carboxylic acids is 1. The van der Waals surface area contributed by atoms with Crippen LogP contribution in [0.4, 0.5) is 31.5 Å². The van der Waals surface area contributed by atoms with Crippen LogP contribution in [0, 0.1) is 0 Å². The minimum Gasteiger partial charge on any atom is -0.477 e. The molecule has 0 aliphatic carbocycles. The lowest BCUT2D eigenvalue weighted by Gasteiger charge is -2.13. The van der Waals surface area contributed by atoms with E-state index in [1.165, 1.54) is 22.4 Å². The highest BCUT2D eigenvalue weighted by atomic mass is 32.2. The first-order chi connectivity index (χ1) is 18.6. The maximum Gasteiger partial charge on any atom is 0.416 e. The molecule has 0 bridgehead atoms. The number of alkyl halides is 6. The van der Waals surface area contributed by atoms with Crippen LogP contribution in [0.25, 0.3) is 17.2 Å². The average molecular weight is 638 g/mol. The molecule has 0 saturated carbocycles. The number of thioether (sulfide) groups is 1. The summed E-state index contributed by atoms with van der Waals surface area (Å²) in [6.07, 6.45) is -7.65. The van der Waals surface area contributed by atoms with Crippen LogP contribution < -0.4 is 5.32 Å². The van der Waals surface area contributed by atoms with Crippen LogP contribution in [0.1, 0.15) is 32.1 Å². The van der Waals surface area contributed by atoms with Crippen molar-refractivity contribution in [3.63, 3.8) is 0 Å². The van der Waals surface area contributed by atoms with Crippen molar-refractivity contribution in [1.82, 2.24) is 9.88 Å². The summed E-state index contributed by atoms with van der Waals surface area (Å²) in [4.78, 5) is 41.4. The van der Waals surface area contributed by atoms with Crippen molar-refractivity contribution in [3.8, 4) is 11.1 Å². The number of hydrogen-bond donors (Lipinski definition) is 2. The lowest BCUT2D eigenvalue weighted by Crippen LogP contribution is -2.31. The van der Waals surface area contributed by atoms with Crippen molar-refractivity contribution < 1.29 is 45.8 Å². The molecular formula is C23H13F6N3O4S4. The number of amides is 2. The van der Waals surface area contributed by atoms with Gasteiger partial charge in [-0.2, -0.15) is 26.3 Å². The van der Waals surface area contributed by atoms with E-state index in [4.69, 9.17) is 17.3 Å². The van der Waals surface area contributed by atoms with E-state index in [2.05, 4.69) is 10.3 Å². The van der Waals surface area contributed by atoms with Gasteiger partial charge >= 0.3 is 18.3 Å². The Morgan fingerprint density at radius 2 is 1.70 bits per heavy atom. The van der Waals surface area contributed by atoms with Gasteiger partial charge in [0.1, 0.15) is 9.20 Å². The summed E-state index contributed by atoms with van der Waals surface area (Å²) in [6, 6.07) is 2.66. The normalized spacial score (nSPS) is 15.2. The van der Waals surface area contributed by atoms with E-state index in [0.717, 1.165) is 40.6 Å². The van der Waals surface area contributed by atoms with E-state index >= 15 is 0 Å². The topological polar surface area (TPSA) is 99.6 Å². The lowest BCUT2D eigenvalue weighted by atomic mass is 10.0. The number of carbonyl (C=O) groups is 3. The number of nitrogens with one attached hydrogen (secondary N) is 1. The Kier molecular flexibility index (Phi) is 8.39. The Bertz CT molecular complexity index is 1510. The van der Waals surface area contributed by atoms with Crippen LogP contribution >= 0.6 is 46.7 Å². The molecule has 210 valence electrons. The summed E-state index contributed by atoms with van der Waals surface area (Å²) >= 11 is 7.91. The van der Waals surface area contributed by atoms with E-state index in [0.29, 0.717) is 17.0 Å². The molecule has 40 heavy (non-hydrogen) atoms. The number of aromatic nitrogens is 1. The highest BCUT2D eigenvalue weighted by Crippen LogP contribution is 2.40. The Hall–Kier alpha value is -3.28. The summed E-state index contributed by atoms with van der Waals surface area (Å²) in [5.41, 5.74) is -3.06. The third-order valence-corrected chi connectivity index (χ3v) is 8.37. The molecule has 1 aromatic carbocycles. The first-order valence-electron chi connectivity index (χ1n) is 10.7. The number of halogens is 6. The number of thiazole rings is 1. The summed E-state index contributed by atoms with van der Waals surface area (Å²) in [7, 11) is 0. The number of rotatable bonds is 7. The van der Waals surface area contributed by atoms with E-state index in [9.17, 15) is 40.7 Å². The molecule has 7 nitrogen and oxygen atoms in total. The number of carboxylic acid groups (broad SMARTS) is 1. The van der Waals surface area contributed by atoms with Crippen LogP contribution in [0.2, 0.25) is 0 Å². The third kappa shape index (κ3) is 6.89. The zero-order valence-corrected chi connectivity index (χ0v) is 22.7. The first-order valence-corrected chi connectivity index (χ1v) is 13.7. The number of anilines is 1. The van der Waals surface area contributed by atoms with Crippen molar-refractivity contribution in [2.75, 3.05) is 11.9 Å². The third-order valence-electron chi connectivity index (χ3n) is 5.21. The standard InChI is InChI=1S/C23H13F6N3O4S4/c24-22(25,26)12-3-10(4-13(6-12)23(27,28)29)11-5-14(38-9-11)7-15-18(34)32(21(37)40-15)2-1-17(33)31-20-30-8-16(39-20)19(35)36/h3-9H,1-2H2,(H,35,36)(H,30,31,33)/b15-7-. The minimum atomic E-state index is -4.98. The molecule has 0 unspecified atom stereocenters. The second-order valence-electron chi connectivity index (χ2n) is 8.00. The van der Waals surface area contributed by atoms with Gasteiger partial charge in [-0.3, -0.25) is 14.5 Å². The van der Waals surface area contributed by atoms with Gasteiger partial charge in [-0.05, 0) is 46.8 Å². The molecule has 4 rings (SSSR count).